The van der Waals surface area contributed by atoms with Crippen LogP contribution in [0.4, 0.5) is 17.1 Å². The molecule has 0 aromatic heterocycles. The van der Waals surface area contributed by atoms with Crippen molar-refractivity contribution in [3.8, 4) is 0 Å². The highest BCUT2D eigenvalue weighted by molar-refractivity contribution is 5.82. The second kappa shape index (κ2) is 8.44. The number of benzene rings is 2. The molecule has 1 atom stereocenters. The lowest BCUT2D eigenvalue weighted by Gasteiger charge is -2.28. The Hall–Kier alpha value is -2.53. The molecule has 142 valence electrons. The van der Waals surface area contributed by atoms with Crippen molar-refractivity contribution < 1.29 is 4.79 Å². The molecule has 1 unspecified atom stereocenters. The van der Waals surface area contributed by atoms with Crippen LogP contribution in [-0.4, -0.2) is 38.1 Å². The van der Waals surface area contributed by atoms with E-state index in [1.54, 1.807) is 0 Å². The molecule has 2 heterocycles. The van der Waals surface area contributed by atoms with E-state index in [-0.39, 0.29) is 11.9 Å². The van der Waals surface area contributed by atoms with Gasteiger partial charge in [-0.25, -0.2) is 0 Å². The van der Waals surface area contributed by atoms with Crippen molar-refractivity contribution in [1.29, 1.82) is 0 Å². The van der Waals surface area contributed by atoms with Crippen LogP contribution in [0.15, 0.2) is 48.5 Å². The first kappa shape index (κ1) is 17.9. The number of nitrogens with one attached hydrogen (secondary N) is 3. The number of piperazine rings is 1. The third-order valence-corrected chi connectivity index (χ3v) is 5.40. The maximum Gasteiger partial charge on any atom is 0.237 e. The van der Waals surface area contributed by atoms with Crippen molar-refractivity contribution in [3.63, 3.8) is 0 Å². The number of carbonyl (C=O) groups is 1. The topological polar surface area (TPSA) is 56.4 Å². The average Bonchev–Trinajstić information content (AvgIpc) is 2.72. The van der Waals surface area contributed by atoms with E-state index in [1.165, 1.54) is 38.0 Å². The molecule has 0 spiro atoms. The molecule has 0 radical (unpaired) electrons. The van der Waals surface area contributed by atoms with Gasteiger partial charge in [0.05, 0.1) is 6.04 Å². The van der Waals surface area contributed by atoms with E-state index in [0.717, 1.165) is 36.4 Å². The Labute approximate surface area is 161 Å². The zero-order chi connectivity index (χ0) is 18.5. The fraction of sp³-hybridized carbons (Fsp3) is 0.409. The number of piperidine rings is 1. The minimum atomic E-state index is -0.125. The van der Waals surface area contributed by atoms with Crippen LogP contribution in [0.25, 0.3) is 0 Å². The van der Waals surface area contributed by atoms with Crippen molar-refractivity contribution in [2.75, 3.05) is 36.4 Å². The monoisotopic (exact) mass is 364 g/mol. The van der Waals surface area contributed by atoms with Crippen LogP contribution < -0.4 is 20.9 Å². The quantitative estimate of drug-likeness (QED) is 0.763. The summed E-state index contributed by atoms with van der Waals surface area (Å²) < 4.78 is 0. The van der Waals surface area contributed by atoms with Crippen LogP contribution in [0.2, 0.25) is 0 Å². The second-order valence-corrected chi connectivity index (χ2v) is 7.42. The van der Waals surface area contributed by atoms with Gasteiger partial charge in [0.1, 0.15) is 0 Å². The van der Waals surface area contributed by atoms with Gasteiger partial charge in [0, 0.05) is 43.2 Å². The molecule has 4 rings (SSSR count). The normalized spacial score (nSPS) is 20.2. The van der Waals surface area contributed by atoms with Crippen LogP contribution in [0.3, 0.4) is 0 Å². The minimum absolute atomic E-state index is 0.0947. The number of hydrogen-bond acceptors (Lipinski definition) is 4. The van der Waals surface area contributed by atoms with Gasteiger partial charge in [-0.3, -0.25) is 4.79 Å². The van der Waals surface area contributed by atoms with Crippen LogP contribution >= 0.6 is 0 Å². The van der Waals surface area contributed by atoms with Crippen LogP contribution in [-0.2, 0) is 11.2 Å². The van der Waals surface area contributed by atoms with Gasteiger partial charge < -0.3 is 20.9 Å². The van der Waals surface area contributed by atoms with Crippen molar-refractivity contribution in [2.24, 2.45) is 0 Å². The number of anilines is 3. The maximum atomic E-state index is 11.9. The summed E-state index contributed by atoms with van der Waals surface area (Å²) in [6, 6.07) is 16.9. The Balaban J connectivity index is 1.34. The molecule has 3 N–H and O–H groups in total. The molecule has 5 heteroatoms. The Morgan fingerprint density at radius 3 is 2.22 bits per heavy atom. The Morgan fingerprint density at radius 1 is 0.889 bits per heavy atom. The summed E-state index contributed by atoms with van der Waals surface area (Å²) in [5.41, 5.74) is 4.63. The molecular weight excluding hydrogens is 336 g/mol. The molecule has 0 bridgehead atoms. The van der Waals surface area contributed by atoms with Gasteiger partial charge >= 0.3 is 0 Å². The van der Waals surface area contributed by atoms with E-state index < -0.39 is 0 Å². The van der Waals surface area contributed by atoms with Crippen molar-refractivity contribution in [3.05, 3.63) is 54.1 Å². The highest BCUT2D eigenvalue weighted by Gasteiger charge is 2.21. The molecule has 0 saturated carbocycles. The van der Waals surface area contributed by atoms with Gasteiger partial charge in [-0.2, -0.15) is 0 Å². The lowest BCUT2D eigenvalue weighted by molar-refractivity contribution is -0.124. The lowest BCUT2D eigenvalue weighted by Crippen LogP contribution is -2.53. The zero-order valence-corrected chi connectivity index (χ0v) is 15.7. The number of carbonyl (C=O) groups excluding carboxylic acids is 1. The number of amides is 1. The van der Waals surface area contributed by atoms with Crippen LogP contribution in [0.1, 0.15) is 24.8 Å². The third-order valence-electron chi connectivity index (χ3n) is 5.40. The van der Waals surface area contributed by atoms with E-state index in [4.69, 9.17) is 0 Å². The largest absolute Gasteiger partial charge is 0.372 e. The minimum Gasteiger partial charge on any atom is -0.372 e. The van der Waals surface area contributed by atoms with E-state index in [2.05, 4.69) is 69.4 Å². The molecule has 5 nitrogen and oxygen atoms in total. The molecule has 0 aliphatic carbocycles. The first-order chi connectivity index (χ1) is 13.3. The first-order valence-electron chi connectivity index (χ1n) is 10.00. The Bertz CT molecular complexity index is 751. The highest BCUT2D eigenvalue weighted by Crippen LogP contribution is 2.24. The smallest absolute Gasteiger partial charge is 0.237 e. The summed E-state index contributed by atoms with van der Waals surface area (Å²) in [5, 5.41) is 9.64. The van der Waals surface area contributed by atoms with Gasteiger partial charge in [-0.05, 0) is 67.6 Å². The fourth-order valence-electron chi connectivity index (χ4n) is 3.85. The summed E-state index contributed by atoms with van der Waals surface area (Å²) in [6.07, 6.45) is 4.67. The molecule has 2 fully saturated rings. The molecule has 27 heavy (non-hydrogen) atoms. The molecule has 2 aliphatic rings. The Morgan fingerprint density at radius 2 is 1.56 bits per heavy atom. The van der Waals surface area contributed by atoms with Crippen LogP contribution in [0.5, 0.6) is 0 Å². The van der Waals surface area contributed by atoms with Gasteiger partial charge in [-0.1, -0.05) is 12.1 Å². The molecule has 2 saturated heterocycles. The third kappa shape index (κ3) is 4.61. The van der Waals surface area contributed by atoms with Crippen LogP contribution in [0, 0.1) is 0 Å². The molecule has 1 amide bonds. The van der Waals surface area contributed by atoms with Gasteiger partial charge in [0.15, 0.2) is 0 Å². The van der Waals surface area contributed by atoms with Gasteiger partial charge in [0.25, 0.3) is 0 Å². The van der Waals surface area contributed by atoms with Crippen molar-refractivity contribution in [2.45, 2.75) is 31.7 Å². The summed E-state index contributed by atoms with van der Waals surface area (Å²) in [7, 11) is 0. The fourth-order valence-corrected chi connectivity index (χ4v) is 3.85. The second-order valence-electron chi connectivity index (χ2n) is 7.42. The number of hydrogen-bond donors (Lipinski definition) is 3. The number of rotatable bonds is 5. The first-order valence-corrected chi connectivity index (χ1v) is 10.00. The average molecular weight is 364 g/mol. The zero-order valence-electron chi connectivity index (χ0n) is 15.7. The molecule has 2 aromatic carbocycles. The highest BCUT2D eigenvalue weighted by atomic mass is 16.2. The van der Waals surface area contributed by atoms with Crippen molar-refractivity contribution in [1.82, 2.24) is 10.6 Å². The van der Waals surface area contributed by atoms with Gasteiger partial charge in [-0.15, -0.1) is 0 Å². The van der Waals surface area contributed by atoms with Gasteiger partial charge in [0.2, 0.25) is 5.91 Å². The molecule has 2 aromatic rings. The maximum absolute atomic E-state index is 11.9. The lowest BCUT2D eigenvalue weighted by atomic mass is 10.0. The summed E-state index contributed by atoms with van der Waals surface area (Å²) in [4.78, 5) is 14.3. The predicted octanol–water partition coefficient (Wildman–Crippen LogP) is 3.05. The van der Waals surface area contributed by atoms with E-state index in [9.17, 15) is 4.79 Å². The summed E-state index contributed by atoms with van der Waals surface area (Å²) in [6.45, 7) is 3.89. The summed E-state index contributed by atoms with van der Waals surface area (Å²) >= 11 is 0. The standard InChI is InChI=1S/C22H28N4O/c27-22-21(23-12-13-24-22)16-17-4-6-18(7-5-17)25-19-8-10-20(11-9-19)26-14-2-1-3-15-26/h4-11,21,23,25H,1-3,12-16H2,(H,24,27). The van der Waals surface area contributed by atoms with E-state index >= 15 is 0 Å². The van der Waals surface area contributed by atoms with Crippen molar-refractivity contribution >= 4 is 23.0 Å². The molecular formula is C22H28N4O. The SMILES string of the molecule is O=C1NCCNC1Cc1ccc(Nc2ccc(N3CCCCC3)cc2)cc1. The van der Waals surface area contributed by atoms with E-state index in [1.807, 2.05) is 0 Å². The Kier molecular flexibility index (Phi) is 5.58. The number of nitrogens with zero attached hydrogens (tertiary/aromatic N) is 1. The predicted molar refractivity (Wildman–Crippen MR) is 111 cm³/mol. The van der Waals surface area contributed by atoms with E-state index in [0.29, 0.717) is 0 Å². The summed E-state index contributed by atoms with van der Waals surface area (Å²) in [5.74, 6) is 0.0947. The molecule has 2 aliphatic heterocycles.